The minimum Gasteiger partial charge on any atom is -0.384 e. The molecule has 18 heavy (non-hydrogen) atoms. The van der Waals surface area contributed by atoms with Crippen molar-refractivity contribution in [3.63, 3.8) is 0 Å². The van der Waals surface area contributed by atoms with Gasteiger partial charge in [0.1, 0.15) is 5.82 Å². The van der Waals surface area contributed by atoms with Gasteiger partial charge in [0.05, 0.1) is 11.8 Å². The molecule has 0 saturated heterocycles. The second-order valence-electron chi connectivity index (χ2n) is 4.97. The Hall–Kier alpha value is -1.91. The number of hydrogen-bond acceptors (Lipinski definition) is 4. The van der Waals surface area contributed by atoms with Gasteiger partial charge in [-0.15, -0.1) is 0 Å². The molecule has 0 atom stereocenters. The van der Waals surface area contributed by atoms with E-state index in [-0.39, 0.29) is 0 Å². The van der Waals surface area contributed by atoms with Gasteiger partial charge in [0.15, 0.2) is 5.82 Å². The average Bonchev–Trinajstić information content (AvgIpc) is 2.58. The molecule has 0 saturated carbocycles. The molecule has 2 aromatic rings. The van der Waals surface area contributed by atoms with Crippen molar-refractivity contribution < 1.29 is 0 Å². The van der Waals surface area contributed by atoms with E-state index in [2.05, 4.69) is 28.9 Å². The molecule has 0 aromatic carbocycles. The second-order valence-corrected chi connectivity index (χ2v) is 4.97. The summed E-state index contributed by atoms with van der Waals surface area (Å²) in [7, 11) is 1.90. The molecule has 96 valence electrons. The lowest BCUT2D eigenvalue weighted by Gasteiger charge is -2.07. The molecule has 0 aliphatic rings. The third kappa shape index (κ3) is 2.50. The summed E-state index contributed by atoms with van der Waals surface area (Å²) in [6.45, 7) is 6.32. The standard InChI is InChI=1S/C13H19N5/c1-8(2)5-10-6-12(14)17-13(16-10)11-7-15-18(4)9(11)3/h6-8H,5H2,1-4H3,(H2,14,16,17). The summed E-state index contributed by atoms with van der Waals surface area (Å²) in [5, 5.41) is 4.21. The van der Waals surface area contributed by atoms with Crippen LogP contribution >= 0.6 is 0 Å². The molecule has 0 spiro atoms. The summed E-state index contributed by atoms with van der Waals surface area (Å²) < 4.78 is 1.81. The Kier molecular flexibility index (Phi) is 3.32. The molecule has 2 aromatic heterocycles. The molecule has 0 aliphatic carbocycles. The normalized spacial score (nSPS) is 11.2. The van der Waals surface area contributed by atoms with Crippen molar-refractivity contribution in [2.45, 2.75) is 27.2 Å². The molecule has 0 unspecified atom stereocenters. The van der Waals surface area contributed by atoms with Crippen molar-refractivity contribution in [3.05, 3.63) is 23.7 Å². The first-order valence-corrected chi connectivity index (χ1v) is 6.09. The first-order chi connectivity index (χ1) is 8.47. The predicted octanol–water partition coefficient (Wildman–Crippen LogP) is 1.97. The lowest BCUT2D eigenvalue weighted by atomic mass is 10.1. The highest BCUT2D eigenvalue weighted by molar-refractivity contribution is 5.58. The Balaban J connectivity index is 2.45. The molecule has 0 amide bonds. The minimum absolute atomic E-state index is 0.513. The third-order valence-corrected chi connectivity index (χ3v) is 2.89. The van der Waals surface area contributed by atoms with Crippen molar-refractivity contribution in [1.82, 2.24) is 19.7 Å². The Morgan fingerprint density at radius 2 is 2.06 bits per heavy atom. The maximum absolute atomic E-state index is 5.85. The topological polar surface area (TPSA) is 69.6 Å². The lowest BCUT2D eigenvalue weighted by Crippen LogP contribution is -2.04. The zero-order valence-corrected chi connectivity index (χ0v) is 11.3. The van der Waals surface area contributed by atoms with E-state index in [4.69, 9.17) is 5.73 Å². The molecule has 0 fully saturated rings. The van der Waals surface area contributed by atoms with Gasteiger partial charge in [-0.05, 0) is 19.3 Å². The number of aromatic nitrogens is 4. The quantitative estimate of drug-likeness (QED) is 0.897. The number of aryl methyl sites for hydroxylation is 1. The molecule has 2 heterocycles. The van der Waals surface area contributed by atoms with Crippen LogP contribution in [0.25, 0.3) is 11.4 Å². The van der Waals surface area contributed by atoms with Gasteiger partial charge in [0, 0.05) is 24.5 Å². The van der Waals surface area contributed by atoms with E-state index in [1.165, 1.54) is 0 Å². The van der Waals surface area contributed by atoms with Gasteiger partial charge in [0.2, 0.25) is 0 Å². The number of nitrogen functional groups attached to an aromatic ring is 1. The molecule has 2 N–H and O–H groups in total. The van der Waals surface area contributed by atoms with Gasteiger partial charge in [-0.1, -0.05) is 13.8 Å². The number of anilines is 1. The Morgan fingerprint density at radius 1 is 1.33 bits per heavy atom. The van der Waals surface area contributed by atoms with Crippen molar-refractivity contribution in [2.24, 2.45) is 13.0 Å². The minimum atomic E-state index is 0.513. The molecule has 5 nitrogen and oxygen atoms in total. The fraction of sp³-hybridized carbons (Fsp3) is 0.462. The van der Waals surface area contributed by atoms with Crippen LogP contribution in [0.2, 0.25) is 0 Å². The summed E-state index contributed by atoms with van der Waals surface area (Å²) in [6.07, 6.45) is 2.68. The van der Waals surface area contributed by atoms with E-state index in [0.717, 1.165) is 23.4 Å². The molecule has 2 rings (SSSR count). The largest absolute Gasteiger partial charge is 0.384 e. The highest BCUT2D eigenvalue weighted by Gasteiger charge is 2.12. The van der Waals surface area contributed by atoms with Gasteiger partial charge in [-0.25, -0.2) is 9.97 Å². The van der Waals surface area contributed by atoms with Crippen LogP contribution in [0.5, 0.6) is 0 Å². The monoisotopic (exact) mass is 245 g/mol. The fourth-order valence-corrected chi connectivity index (χ4v) is 1.88. The molecule has 0 bridgehead atoms. The van der Waals surface area contributed by atoms with E-state index in [0.29, 0.717) is 17.6 Å². The van der Waals surface area contributed by atoms with Crippen molar-refractivity contribution in [2.75, 3.05) is 5.73 Å². The zero-order chi connectivity index (χ0) is 13.3. The van der Waals surface area contributed by atoms with E-state index in [1.54, 1.807) is 6.20 Å². The zero-order valence-electron chi connectivity index (χ0n) is 11.3. The SMILES string of the molecule is Cc1c(-c2nc(N)cc(CC(C)C)n2)cnn1C. The van der Waals surface area contributed by atoms with Gasteiger partial charge < -0.3 is 5.73 Å². The number of nitrogens with zero attached hydrogens (tertiary/aromatic N) is 4. The van der Waals surface area contributed by atoms with Crippen LogP contribution < -0.4 is 5.73 Å². The molecule has 0 aliphatic heterocycles. The van der Waals surface area contributed by atoms with Gasteiger partial charge >= 0.3 is 0 Å². The molecule has 5 heteroatoms. The fourth-order valence-electron chi connectivity index (χ4n) is 1.88. The summed E-state index contributed by atoms with van der Waals surface area (Å²) in [6, 6.07) is 1.84. The highest BCUT2D eigenvalue weighted by atomic mass is 15.3. The molecular formula is C13H19N5. The second kappa shape index (κ2) is 4.76. The van der Waals surface area contributed by atoms with Crippen LogP contribution in [0.3, 0.4) is 0 Å². The van der Waals surface area contributed by atoms with E-state index >= 15 is 0 Å². The van der Waals surface area contributed by atoms with E-state index in [1.807, 2.05) is 24.7 Å². The van der Waals surface area contributed by atoms with Crippen LogP contribution in [0, 0.1) is 12.8 Å². The number of nitrogens with two attached hydrogens (primary N) is 1. The van der Waals surface area contributed by atoms with Crippen LogP contribution in [0.4, 0.5) is 5.82 Å². The van der Waals surface area contributed by atoms with Gasteiger partial charge in [0.25, 0.3) is 0 Å². The van der Waals surface area contributed by atoms with Crippen molar-refractivity contribution in [3.8, 4) is 11.4 Å². The van der Waals surface area contributed by atoms with Crippen LogP contribution in [0.15, 0.2) is 12.3 Å². The number of rotatable bonds is 3. The summed E-state index contributed by atoms with van der Waals surface area (Å²) in [4.78, 5) is 8.87. The van der Waals surface area contributed by atoms with Crippen molar-refractivity contribution >= 4 is 5.82 Å². The summed E-state index contributed by atoms with van der Waals surface area (Å²) in [5.74, 6) is 1.72. The first-order valence-electron chi connectivity index (χ1n) is 6.09. The maximum Gasteiger partial charge on any atom is 0.165 e. The van der Waals surface area contributed by atoms with Gasteiger partial charge in [-0.2, -0.15) is 5.10 Å². The Labute approximate surface area is 107 Å². The Morgan fingerprint density at radius 3 is 2.61 bits per heavy atom. The van der Waals surface area contributed by atoms with E-state index < -0.39 is 0 Å². The molecular weight excluding hydrogens is 226 g/mol. The molecule has 0 radical (unpaired) electrons. The van der Waals surface area contributed by atoms with Crippen molar-refractivity contribution in [1.29, 1.82) is 0 Å². The first kappa shape index (κ1) is 12.5. The van der Waals surface area contributed by atoms with Crippen LogP contribution in [0.1, 0.15) is 25.2 Å². The third-order valence-electron chi connectivity index (χ3n) is 2.89. The smallest absolute Gasteiger partial charge is 0.165 e. The van der Waals surface area contributed by atoms with E-state index in [9.17, 15) is 0 Å². The summed E-state index contributed by atoms with van der Waals surface area (Å²) in [5.41, 5.74) is 8.81. The maximum atomic E-state index is 5.85. The van der Waals surface area contributed by atoms with Crippen LogP contribution in [-0.2, 0) is 13.5 Å². The number of hydrogen-bond donors (Lipinski definition) is 1. The summed E-state index contributed by atoms with van der Waals surface area (Å²) >= 11 is 0. The lowest BCUT2D eigenvalue weighted by molar-refractivity contribution is 0.635. The van der Waals surface area contributed by atoms with Crippen LogP contribution in [-0.4, -0.2) is 19.7 Å². The highest BCUT2D eigenvalue weighted by Crippen LogP contribution is 2.21. The average molecular weight is 245 g/mol. The Bertz CT molecular complexity index is 557. The predicted molar refractivity (Wildman–Crippen MR) is 71.9 cm³/mol. The van der Waals surface area contributed by atoms with Gasteiger partial charge in [-0.3, -0.25) is 4.68 Å².